The lowest BCUT2D eigenvalue weighted by atomic mass is 10.1. The third kappa shape index (κ3) is 1.54. The Hall–Kier alpha value is -0.740. The minimum absolute atomic E-state index is 0.0640. The number of hydrogen-bond donors (Lipinski definition) is 1. The van der Waals surface area contributed by atoms with Gasteiger partial charge in [-0.25, -0.2) is 0 Å². The minimum atomic E-state index is -1.63. The van der Waals surface area contributed by atoms with Crippen molar-refractivity contribution in [3.8, 4) is 0 Å². The second-order valence-electron chi connectivity index (χ2n) is 2.45. The maximum absolute atomic E-state index is 10.4. The highest BCUT2D eigenvalue weighted by molar-refractivity contribution is 6.32. The van der Waals surface area contributed by atoms with Gasteiger partial charge in [-0.15, -0.1) is 0 Å². The molecule has 0 heterocycles. The molecule has 12 heavy (non-hydrogen) atoms. The van der Waals surface area contributed by atoms with E-state index in [1.54, 1.807) is 0 Å². The Balaban J connectivity index is 2.94. The van der Waals surface area contributed by atoms with E-state index in [1.807, 2.05) is 0 Å². The zero-order chi connectivity index (χ0) is 9.35. The first-order valence-corrected chi connectivity index (χ1v) is 3.88. The monoisotopic (exact) mass is 208 g/mol. The van der Waals surface area contributed by atoms with Crippen molar-refractivity contribution >= 4 is 23.2 Å². The van der Waals surface area contributed by atoms with Crippen LogP contribution in [0.15, 0.2) is 22.9 Å². The van der Waals surface area contributed by atoms with Crippen molar-refractivity contribution in [2.24, 2.45) is 5.73 Å². The first-order chi connectivity index (χ1) is 5.46. The predicted octanol–water partition coefficient (Wildman–Crippen LogP) is 1.57. The molecule has 4 nitrogen and oxygen atoms in total. The largest absolute Gasteiger partial charge is 0.398 e. The Kier molecular flexibility index (Phi) is 2.30. The number of nitrogens with zero attached hydrogens (tertiary/aromatic N) is 1. The molecule has 1 aliphatic rings. The first kappa shape index (κ1) is 9.35. The maximum atomic E-state index is 10.4. The molecule has 0 aromatic heterocycles. The lowest BCUT2D eigenvalue weighted by Gasteiger charge is -2.17. The van der Waals surface area contributed by atoms with Crippen molar-refractivity contribution in [2.75, 3.05) is 0 Å². The molecular weight excluding hydrogens is 203 g/mol. The second-order valence-corrected chi connectivity index (χ2v) is 3.56. The van der Waals surface area contributed by atoms with E-state index in [4.69, 9.17) is 28.9 Å². The zero-order valence-electron chi connectivity index (χ0n) is 5.96. The Morgan fingerprint density at radius 1 is 1.75 bits per heavy atom. The van der Waals surface area contributed by atoms with Crippen molar-refractivity contribution in [1.82, 2.24) is 0 Å². The molecule has 0 saturated carbocycles. The quantitative estimate of drug-likeness (QED) is 0.308. The van der Waals surface area contributed by atoms with Crippen LogP contribution in [-0.4, -0.2) is 9.92 Å². The van der Waals surface area contributed by atoms with Crippen LogP contribution in [-0.2, 0) is 0 Å². The summed E-state index contributed by atoms with van der Waals surface area (Å²) in [6, 6.07) is 0. The Labute approximate surface area is 78.8 Å². The van der Waals surface area contributed by atoms with Crippen molar-refractivity contribution < 1.29 is 4.92 Å². The van der Waals surface area contributed by atoms with E-state index in [1.165, 1.54) is 12.2 Å². The molecule has 0 amide bonds. The number of hydrogen-bond acceptors (Lipinski definition) is 3. The van der Waals surface area contributed by atoms with E-state index in [-0.39, 0.29) is 11.5 Å². The fraction of sp³-hybridized carbons (Fsp3) is 0.333. The maximum Gasteiger partial charge on any atom is 0.318 e. The summed E-state index contributed by atoms with van der Waals surface area (Å²) < 4.78 is 0. The molecule has 0 aliphatic heterocycles. The topological polar surface area (TPSA) is 69.2 Å². The summed E-state index contributed by atoms with van der Waals surface area (Å²) >= 11 is 11.2. The van der Waals surface area contributed by atoms with E-state index >= 15 is 0 Å². The summed E-state index contributed by atoms with van der Waals surface area (Å²) in [7, 11) is 0. The van der Waals surface area contributed by atoms with E-state index in [9.17, 15) is 10.1 Å². The molecule has 1 aliphatic carbocycles. The number of alkyl halides is 1. The predicted molar refractivity (Wildman–Crippen MR) is 46.4 cm³/mol. The SMILES string of the molecule is NC1=C(Cl)CC(Cl)([N+](=O)[O-])C=C1. The Morgan fingerprint density at radius 3 is 2.75 bits per heavy atom. The summed E-state index contributed by atoms with van der Waals surface area (Å²) in [4.78, 5) is 8.21. The third-order valence-corrected chi connectivity index (χ3v) is 2.29. The molecule has 0 bridgehead atoms. The van der Waals surface area contributed by atoms with Crippen LogP contribution in [0.4, 0.5) is 0 Å². The van der Waals surface area contributed by atoms with Crippen molar-refractivity contribution in [1.29, 1.82) is 0 Å². The highest BCUT2D eigenvalue weighted by Crippen LogP contribution is 2.33. The van der Waals surface area contributed by atoms with E-state index in [2.05, 4.69) is 0 Å². The van der Waals surface area contributed by atoms with Gasteiger partial charge in [0, 0.05) is 21.7 Å². The van der Waals surface area contributed by atoms with Crippen LogP contribution < -0.4 is 5.73 Å². The van der Waals surface area contributed by atoms with Gasteiger partial charge in [-0.05, 0) is 17.7 Å². The van der Waals surface area contributed by atoms with Crippen molar-refractivity contribution in [2.45, 2.75) is 11.4 Å². The van der Waals surface area contributed by atoms with Crippen molar-refractivity contribution in [3.05, 3.63) is 33.0 Å². The molecule has 0 radical (unpaired) electrons. The summed E-state index contributed by atoms with van der Waals surface area (Å²) in [6.45, 7) is 0. The number of rotatable bonds is 1. The average Bonchev–Trinajstić information content (AvgIpc) is 1.97. The minimum Gasteiger partial charge on any atom is -0.398 e. The highest BCUT2D eigenvalue weighted by Gasteiger charge is 2.40. The van der Waals surface area contributed by atoms with Gasteiger partial charge in [-0.2, -0.15) is 0 Å². The molecule has 0 aromatic carbocycles. The standard InChI is InChI=1S/C6H6Cl2N2O2/c7-4-3-6(8,10(11)12)2-1-5(4)9/h1-2H,3,9H2. The lowest BCUT2D eigenvalue weighted by Crippen LogP contribution is -2.31. The van der Waals surface area contributed by atoms with Gasteiger partial charge in [-0.3, -0.25) is 10.1 Å². The van der Waals surface area contributed by atoms with Gasteiger partial charge in [0.2, 0.25) is 0 Å². The number of nitro groups is 1. The molecule has 0 aromatic rings. The van der Waals surface area contributed by atoms with Gasteiger partial charge >= 0.3 is 5.00 Å². The molecule has 1 unspecified atom stereocenters. The molecule has 1 atom stereocenters. The van der Waals surface area contributed by atoms with E-state index in [0.717, 1.165) is 0 Å². The fourth-order valence-corrected chi connectivity index (χ4v) is 1.34. The number of nitrogens with two attached hydrogens (primary N) is 1. The molecule has 0 spiro atoms. The average molecular weight is 209 g/mol. The van der Waals surface area contributed by atoms with Crippen molar-refractivity contribution in [3.63, 3.8) is 0 Å². The normalized spacial score (nSPS) is 29.2. The van der Waals surface area contributed by atoms with Crippen LogP contribution in [0.25, 0.3) is 0 Å². The van der Waals surface area contributed by atoms with Gasteiger partial charge in [0.05, 0.1) is 6.42 Å². The van der Waals surface area contributed by atoms with Gasteiger partial charge in [0.1, 0.15) is 0 Å². The summed E-state index contributed by atoms with van der Waals surface area (Å²) in [6.07, 6.45) is 2.52. The van der Waals surface area contributed by atoms with Gasteiger partial charge < -0.3 is 5.73 Å². The van der Waals surface area contributed by atoms with Crippen LogP contribution in [0.1, 0.15) is 6.42 Å². The number of allylic oxidation sites excluding steroid dienone is 1. The smallest absolute Gasteiger partial charge is 0.318 e. The van der Waals surface area contributed by atoms with Crippen LogP contribution in [0.5, 0.6) is 0 Å². The highest BCUT2D eigenvalue weighted by atomic mass is 35.5. The molecular formula is C6H6Cl2N2O2. The van der Waals surface area contributed by atoms with Crippen LogP contribution in [0.3, 0.4) is 0 Å². The fourth-order valence-electron chi connectivity index (χ4n) is 0.812. The molecule has 0 saturated heterocycles. The molecule has 2 N–H and O–H groups in total. The Bertz CT molecular complexity index is 287. The molecule has 0 fully saturated rings. The number of halogens is 2. The van der Waals surface area contributed by atoms with Crippen LogP contribution >= 0.6 is 23.2 Å². The third-order valence-electron chi connectivity index (χ3n) is 1.54. The summed E-state index contributed by atoms with van der Waals surface area (Å²) in [5, 5.41) is 10.7. The molecule has 6 heteroatoms. The second kappa shape index (κ2) is 2.95. The Morgan fingerprint density at radius 2 is 2.33 bits per heavy atom. The molecule has 66 valence electrons. The first-order valence-electron chi connectivity index (χ1n) is 3.12. The van der Waals surface area contributed by atoms with E-state index < -0.39 is 9.92 Å². The van der Waals surface area contributed by atoms with Gasteiger partial charge in [0.25, 0.3) is 0 Å². The van der Waals surface area contributed by atoms with Crippen LogP contribution in [0, 0.1) is 10.1 Å². The lowest BCUT2D eigenvalue weighted by molar-refractivity contribution is -0.527. The van der Waals surface area contributed by atoms with Crippen LogP contribution in [0.2, 0.25) is 0 Å². The summed E-state index contributed by atoms with van der Waals surface area (Å²) in [5.74, 6) is 0. The van der Waals surface area contributed by atoms with E-state index in [0.29, 0.717) is 5.70 Å². The van der Waals surface area contributed by atoms with Gasteiger partial charge in [0.15, 0.2) is 0 Å². The summed E-state index contributed by atoms with van der Waals surface area (Å²) in [5.41, 5.74) is 5.71. The zero-order valence-corrected chi connectivity index (χ0v) is 7.47. The molecule has 1 rings (SSSR count). The van der Waals surface area contributed by atoms with Gasteiger partial charge in [-0.1, -0.05) is 11.6 Å².